The highest BCUT2D eigenvalue weighted by atomic mass is 16.5. The van der Waals surface area contributed by atoms with Crippen molar-refractivity contribution < 1.29 is 14.6 Å². The van der Waals surface area contributed by atoms with Crippen molar-refractivity contribution in [3.63, 3.8) is 0 Å². The number of likely N-dealkylation sites (tertiary alicyclic amines) is 1. The average Bonchev–Trinajstić information content (AvgIpc) is 2.80. The third-order valence-electron chi connectivity index (χ3n) is 8.26. The summed E-state index contributed by atoms with van der Waals surface area (Å²) in [4.78, 5) is 2.53. The summed E-state index contributed by atoms with van der Waals surface area (Å²) < 4.78 is 11.6. The number of ether oxygens (including phenoxy) is 2. The maximum Gasteiger partial charge on any atom is 0.161 e. The lowest BCUT2D eigenvalue weighted by molar-refractivity contribution is -0.0700. The first-order valence-electron chi connectivity index (χ1n) is 11.5. The highest BCUT2D eigenvalue weighted by Crippen LogP contribution is 2.59. The molecular formula is C26H34N2O3. The summed E-state index contributed by atoms with van der Waals surface area (Å²) in [6.07, 6.45) is 4.19. The second-order valence-electron chi connectivity index (χ2n) is 9.60. The monoisotopic (exact) mass is 422 g/mol. The van der Waals surface area contributed by atoms with E-state index >= 15 is 0 Å². The first kappa shape index (κ1) is 20.8. The molecule has 2 aliphatic carbocycles. The van der Waals surface area contributed by atoms with E-state index in [2.05, 4.69) is 53.7 Å². The molecular weight excluding hydrogens is 388 g/mol. The van der Waals surface area contributed by atoms with Crippen molar-refractivity contribution in [2.45, 2.75) is 55.8 Å². The minimum Gasteiger partial charge on any atom is -0.504 e. The number of rotatable bonds is 5. The third kappa shape index (κ3) is 3.34. The minimum atomic E-state index is -0.0488. The Morgan fingerprint density at radius 3 is 2.71 bits per heavy atom. The molecule has 0 radical (unpaired) electrons. The molecule has 1 aliphatic heterocycles. The Balaban J connectivity index is 1.53. The van der Waals surface area contributed by atoms with E-state index in [4.69, 9.17) is 9.47 Å². The van der Waals surface area contributed by atoms with Gasteiger partial charge in [0.1, 0.15) is 0 Å². The molecule has 3 aliphatic rings. The van der Waals surface area contributed by atoms with E-state index in [0.717, 1.165) is 44.3 Å². The molecule has 2 N–H and O–H groups in total. The first-order valence-corrected chi connectivity index (χ1v) is 11.5. The number of hydrogen-bond acceptors (Lipinski definition) is 5. The van der Waals surface area contributed by atoms with Crippen LogP contribution in [-0.2, 0) is 23.1 Å². The lowest BCUT2D eigenvalue weighted by Gasteiger charge is -2.61. The molecule has 5 heteroatoms. The zero-order chi connectivity index (χ0) is 21.6. The van der Waals surface area contributed by atoms with Gasteiger partial charge in [0.2, 0.25) is 0 Å². The number of phenols is 1. The fourth-order valence-corrected chi connectivity index (χ4v) is 6.73. The minimum absolute atomic E-state index is 0.0488. The van der Waals surface area contributed by atoms with Gasteiger partial charge >= 0.3 is 0 Å². The summed E-state index contributed by atoms with van der Waals surface area (Å²) in [6.45, 7) is 1.88. The van der Waals surface area contributed by atoms with Crippen LogP contribution in [0.2, 0.25) is 0 Å². The van der Waals surface area contributed by atoms with Gasteiger partial charge in [-0.3, -0.25) is 0 Å². The number of nitrogens with zero attached hydrogens (tertiary/aromatic N) is 1. The topological polar surface area (TPSA) is 54.0 Å². The van der Waals surface area contributed by atoms with Crippen molar-refractivity contribution in [1.29, 1.82) is 0 Å². The van der Waals surface area contributed by atoms with Crippen LogP contribution in [0, 0.1) is 5.92 Å². The molecule has 5 rings (SSSR count). The van der Waals surface area contributed by atoms with Crippen LogP contribution in [0.5, 0.6) is 11.5 Å². The molecule has 5 nitrogen and oxygen atoms in total. The fourth-order valence-electron chi connectivity index (χ4n) is 6.73. The van der Waals surface area contributed by atoms with E-state index in [9.17, 15) is 5.11 Å². The zero-order valence-corrected chi connectivity index (χ0v) is 18.8. The lowest BCUT2D eigenvalue weighted by atomic mass is 9.51. The van der Waals surface area contributed by atoms with Gasteiger partial charge in [-0.25, -0.2) is 0 Å². The summed E-state index contributed by atoms with van der Waals surface area (Å²) in [7, 11) is 5.74. The van der Waals surface area contributed by atoms with Gasteiger partial charge in [0.25, 0.3) is 0 Å². The standard InChI is InChI=1S/C26H34N2O3/c1-28-12-11-26-15-20(27-16-17-7-5-4-6-8-17)23(31-3)14-19(26)21(28)13-18-9-10-22(30-2)25(29)24(18)26/h4-10,19-21,23,27,29H,11-16H2,1-3H3/t19-,20+,21+,23?,26-/m1/s1. The third-order valence-corrected chi connectivity index (χ3v) is 8.26. The SMILES string of the molecule is COc1ccc2c(c1O)[C@@]13CCN(C)[C@@H](C2)[C@H]1CC(OC)[C@@H](NCc1ccccc1)C3. The van der Waals surface area contributed by atoms with Crippen LogP contribution in [0.25, 0.3) is 0 Å². The number of benzene rings is 2. The Morgan fingerprint density at radius 1 is 1.16 bits per heavy atom. The van der Waals surface area contributed by atoms with Crippen molar-refractivity contribution in [3.8, 4) is 11.5 Å². The maximum atomic E-state index is 11.3. The zero-order valence-electron chi connectivity index (χ0n) is 18.8. The van der Waals surface area contributed by atoms with Gasteiger partial charge in [-0.1, -0.05) is 36.4 Å². The second-order valence-corrected chi connectivity index (χ2v) is 9.60. The fraction of sp³-hybridized carbons (Fsp3) is 0.538. The highest BCUT2D eigenvalue weighted by molar-refractivity contribution is 5.56. The quantitative estimate of drug-likeness (QED) is 0.773. The first-order chi connectivity index (χ1) is 15.1. The summed E-state index contributed by atoms with van der Waals surface area (Å²) in [5.74, 6) is 1.41. The molecule has 2 aromatic rings. The number of nitrogens with one attached hydrogen (secondary N) is 1. The number of piperidine rings is 1. The molecule has 1 saturated heterocycles. The Morgan fingerprint density at radius 2 is 1.97 bits per heavy atom. The molecule has 0 amide bonds. The molecule has 0 spiro atoms. The van der Waals surface area contributed by atoms with Gasteiger partial charge < -0.3 is 24.8 Å². The number of methoxy groups -OCH3 is 2. The van der Waals surface area contributed by atoms with Crippen LogP contribution in [0.4, 0.5) is 0 Å². The smallest absolute Gasteiger partial charge is 0.161 e. The lowest BCUT2D eigenvalue weighted by Crippen LogP contribution is -2.65. The number of phenolic OH excluding ortho intramolecular Hbond substituents is 1. The summed E-state index contributed by atoms with van der Waals surface area (Å²) in [6, 6.07) is 15.4. The normalized spacial score (nSPS) is 32.2. The molecule has 2 aromatic carbocycles. The van der Waals surface area contributed by atoms with Gasteiger partial charge in [0.15, 0.2) is 11.5 Å². The van der Waals surface area contributed by atoms with Gasteiger partial charge in [0.05, 0.1) is 13.2 Å². The van der Waals surface area contributed by atoms with Gasteiger partial charge in [-0.15, -0.1) is 0 Å². The molecule has 5 atom stereocenters. The summed E-state index contributed by atoms with van der Waals surface area (Å²) in [5, 5.41) is 15.1. The van der Waals surface area contributed by atoms with Crippen molar-refractivity contribution in [2.75, 3.05) is 27.8 Å². The largest absolute Gasteiger partial charge is 0.504 e. The van der Waals surface area contributed by atoms with Crippen LogP contribution in [0.15, 0.2) is 42.5 Å². The number of fused-ring (bicyclic) bond motifs is 1. The summed E-state index contributed by atoms with van der Waals surface area (Å²) in [5.41, 5.74) is 3.66. The molecule has 166 valence electrons. The van der Waals surface area contributed by atoms with Crippen LogP contribution in [-0.4, -0.2) is 56.0 Å². The van der Waals surface area contributed by atoms with Crippen molar-refractivity contribution in [3.05, 3.63) is 59.2 Å². The van der Waals surface area contributed by atoms with E-state index in [0.29, 0.717) is 23.5 Å². The second kappa shape index (κ2) is 8.12. The van der Waals surface area contributed by atoms with Gasteiger partial charge in [-0.2, -0.15) is 0 Å². The van der Waals surface area contributed by atoms with Gasteiger partial charge in [0, 0.05) is 36.7 Å². The molecule has 1 saturated carbocycles. The number of hydrogen-bond donors (Lipinski definition) is 2. The molecule has 2 fully saturated rings. The average molecular weight is 423 g/mol. The van der Waals surface area contributed by atoms with E-state index in [1.165, 1.54) is 11.1 Å². The molecule has 31 heavy (non-hydrogen) atoms. The predicted molar refractivity (Wildman–Crippen MR) is 122 cm³/mol. The number of aromatic hydroxyl groups is 1. The number of likely N-dealkylation sites (N-methyl/N-ethyl adjacent to an activating group) is 1. The van der Waals surface area contributed by atoms with Crippen LogP contribution in [0.1, 0.15) is 36.0 Å². The van der Waals surface area contributed by atoms with Gasteiger partial charge in [-0.05, 0) is 62.4 Å². The van der Waals surface area contributed by atoms with Crippen molar-refractivity contribution in [2.24, 2.45) is 5.92 Å². The maximum absolute atomic E-state index is 11.3. The van der Waals surface area contributed by atoms with Crippen LogP contribution < -0.4 is 10.1 Å². The van der Waals surface area contributed by atoms with Crippen LogP contribution >= 0.6 is 0 Å². The molecule has 1 unspecified atom stereocenters. The van der Waals surface area contributed by atoms with Crippen molar-refractivity contribution in [1.82, 2.24) is 10.2 Å². The van der Waals surface area contributed by atoms with Crippen LogP contribution in [0.3, 0.4) is 0 Å². The van der Waals surface area contributed by atoms with E-state index in [-0.39, 0.29) is 17.6 Å². The Bertz CT molecular complexity index is 934. The Kier molecular flexibility index (Phi) is 5.45. The van der Waals surface area contributed by atoms with E-state index in [1.54, 1.807) is 7.11 Å². The Hall–Kier alpha value is -2.08. The van der Waals surface area contributed by atoms with E-state index < -0.39 is 0 Å². The Labute approximate surface area is 185 Å². The van der Waals surface area contributed by atoms with E-state index in [1.807, 2.05) is 13.2 Å². The predicted octanol–water partition coefficient (Wildman–Crippen LogP) is 3.48. The summed E-state index contributed by atoms with van der Waals surface area (Å²) >= 11 is 0. The molecule has 1 heterocycles. The molecule has 2 bridgehead atoms. The molecule has 0 aromatic heterocycles. The highest BCUT2D eigenvalue weighted by Gasteiger charge is 2.58. The van der Waals surface area contributed by atoms with Crippen molar-refractivity contribution >= 4 is 0 Å².